The number of rotatable bonds is 3. The zero-order chi connectivity index (χ0) is 16.7. The summed E-state index contributed by atoms with van der Waals surface area (Å²) in [7, 11) is 0. The van der Waals surface area contributed by atoms with Crippen LogP contribution in [0.3, 0.4) is 0 Å². The molecule has 0 spiro atoms. The van der Waals surface area contributed by atoms with Gasteiger partial charge in [-0.2, -0.15) is 4.98 Å². The number of aryl methyl sites for hydroxylation is 1. The Labute approximate surface area is 139 Å². The normalized spacial score (nSPS) is 22.4. The minimum atomic E-state index is -0.458. The number of benzene rings is 1. The van der Waals surface area contributed by atoms with Crippen LogP contribution in [0.4, 0.5) is 4.39 Å². The van der Waals surface area contributed by atoms with Gasteiger partial charge in [0, 0.05) is 13.1 Å². The standard InChI is InChI=1S/C18H20FN3O2/c1-12-20-16(24-21-12)13-3-2-10-22(11-13)17(23)18(8-9-18)14-4-6-15(19)7-5-14/h4-7,13H,2-3,8-11H2,1H3/t13-/m0/s1. The molecule has 6 heteroatoms. The molecule has 4 rings (SSSR count). The Morgan fingerprint density at radius 3 is 2.71 bits per heavy atom. The lowest BCUT2D eigenvalue weighted by molar-refractivity contribution is -0.135. The van der Waals surface area contributed by atoms with Gasteiger partial charge in [0.1, 0.15) is 5.82 Å². The fourth-order valence-electron chi connectivity index (χ4n) is 3.66. The van der Waals surface area contributed by atoms with Crippen molar-refractivity contribution < 1.29 is 13.7 Å². The maximum atomic E-state index is 13.2. The first-order chi connectivity index (χ1) is 11.6. The van der Waals surface area contributed by atoms with Crippen LogP contribution in [-0.2, 0) is 10.2 Å². The minimum Gasteiger partial charge on any atom is -0.341 e. The number of carbonyl (C=O) groups excluding carboxylic acids is 1. The molecular formula is C18H20FN3O2. The summed E-state index contributed by atoms with van der Waals surface area (Å²) < 4.78 is 18.5. The van der Waals surface area contributed by atoms with Crippen LogP contribution in [-0.4, -0.2) is 34.0 Å². The van der Waals surface area contributed by atoms with E-state index in [1.807, 2.05) is 4.90 Å². The van der Waals surface area contributed by atoms with Gasteiger partial charge in [-0.05, 0) is 50.3 Å². The Kier molecular flexibility index (Phi) is 3.62. The van der Waals surface area contributed by atoms with E-state index >= 15 is 0 Å². The van der Waals surface area contributed by atoms with Gasteiger partial charge in [0.15, 0.2) is 5.82 Å². The summed E-state index contributed by atoms with van der Waals surface area (Å²) in [5.41, 5.74) is 0.463. The first-order valence-electron chi connectivity index (χ1n) is 8.44. The number of piperidine rings is 1. The number of carbonyl (C=O) groups is 1. The average Bonchev–Trinajstić information content (AvgIpc) is 3.30. The van der Waals surface area contributed by atoms with E-state index in [2.05, 4.69) is 10.1 Å². The maximum absolute atomic E-state index is 13.2. The molecule has 0 unspecified atom stereocenters. The van der Waals surface area contributed by atoms with Gasteiger partial charge in [-0.15, -0.1) is 0 Å². The van der Waals surface area contributed by atoms with Gasteiger partial charge in [0.05, 0.1) is 11.3 Å². The van der Waals surface area contributed by atoms with Crippen molar-refractivity contribution >= 4 is 5.91 Å². The maximum Gasteiger partial charge on any atom is 0.233 e. The van der Waals surface area contributed by atoms with E-state index in [9.17, 15) is 9.18 Å². The summed E-state index contributed by atoms with van der Waals surface area (Å²) in [5, 5.41) is 3.85. The van der Waals surface area contributed by atoms with Gasteiger partial charge in [-0.3, -0.25) is 4.79 Å². The van der Waals surface area contributed by atoms with Crippen LogP contribution < -0.4 is 0 Å². The lowest BCUT2D eigenvalue weighted by atomic mass is 9.91. The third-order valence-electron chi connectivity index (χ3n) is 5.16. The average molecular weight is 329 g/mol. The predicted molar refractivity (Wildman–Crippen MR) is 84.9 cm³/mol. The molecule has 0 bridgehead atoms. The van der Waals surface area contributed by atoms with Gasteiger partial charge < -0.3 is 9.42 Å². The molecule has 126 valence electrons. The minimum absolute atomic E-state index is 0.105. The molecule has 0 N–H and O–H groups in total. The number of hydrogen-bond donors (Lipinski definition) is 0. The Bertz CT molecular complexity index is 752. The second kappa shape index (κ2) is 5.69. The van der Waals surface area contributed by atoms with Gasteiger partial charge in [0.25, 0.3) is 0 Å². The molecule has 1 atom stereocenters. The highest BCUT2D eigenvalue weighted by atomic mass is 19.1. The van der Waals surface area contributed by atoms with Gasteiger partial charge in [0.2, 0.25) is 11.8 Å². The molecule has 2 heterocycles. The monoisotopic (exact) mass is 329 g/mol. The smallest absolute Gasteiger partial charge is 0.233 e. The second-order valence-electron chi connectivity index (χ2n) is 6.86. The molecule has 1 aliphatic carbocycles. The summed E-state index contributed by atoms with van der Waals surface area (Å²) >= 11 is 0. The Hall–Kier alpha value is -2.24. The Morgan fingerprint density at radius 2 is 2.08 bits per heavy atom. The van der Waals surface area contributed by atoms with Crippen molar-refractivity contribution in [3.05, 3.63) is 47.4 Å². The topological polar surface area (TPSA) is 59.2 Å². The zero-order valence-electron chi connectivity index (χ0n) is 13.7. The van der Waals surface area contributed by atoms with Gasteiger partial charge in [-0.1, -0.05) is 17.3 Å². The van der Waals surface area contributed by atoms with Crippen molar-refractivity contribution in [1.82, 2.24) is 15.0 Å². The van der Waals surface area contributed by atoms with Crippen LogP contribution in [0, 0.1) is 12.7 Å². The summed E-state index contributed by atoms with van der Waals surface area (Å²) in [6.07, 6.45) is 3.54. The fourth-order valence-corrected chi connectivity index (χ4v) is 3.66. The highest BCUT2D eigenvalue weighted by Gasteiger charge is 2.53. The Balaban J connectivity index is 1.52. The van der Waals surface area contributed by atoms with Crippen molar-refractivity contribution in [2.45, 2.75) is 43.9 Å². The summed E-state index contributed by atoms with van der Waals surface area (Å²) in [6, 6.07) is 6.35. The van der Waals surface area contributed by atoms with Gasteiger partial charge in [-0.25, -0.2) is 4.39 Å². The predicted octanol–water partition coefficient (Wildman–Crippen LogP) is 2.95. The highest BCUT2D eigenvalue weighted by Crippen LogP contribution is 2.50. The molecular weight excluding hydrogens is 309 g/mol. The fraction of sp³-hybridized carbons (Fsp3) is 0.500. The first-order valence-corrected chi connectivity index (χ1v) is 8.44. The largest absolute Gasteiger partial charge is 0.341 e. The van der Waals surface area contributed by atoms with Crippen LogP contribution in [0.5, 0.6) is 0 Å². The van der Waals surface area contributed by atoms with Crippen molar-refractivity contribution in [3.8, 4) is 0 Å². The number of hydrogen-bond acceptors (Lipinski definition) is 4. The molecule has 2 aromatic rings. The SMILES string of the molecule is Cc1noc([C@H]2CCCN(C(=O)C3(c4ccc(F)cc4)CC3)C2)n1. The quantitative estimate of drug-likeness (QED) is 0.869. The van der Waals surface area contributed by atoms with Crippen molar-refractivity contribution in [2.75, 3.05) is 13.1 Å². The van der Waals surface area contributed by atoms with Crippen LogP contribution in [0.2, 0.25) is 0 Å². The molecule has 1 saturated carbocycles. The lowest BCUT2D eigenvalue weighted by Crippen LogP contribution is -2.44. The van der Waals surface area contributed by atoms with E-state index < -0.39 is 5.41 Å². The molecule has 5 nitrogen and oxygen atoms in total. The van der Waals surface area contributed by atoms with Crippen molar-refractivity contribution in [3.63, 3.8) is 0 Å². The van der Waals surface area contributed by atoms with Crippen LogP contribution in [0.15, 0.2) is 28.8 Å². The second-order valence-corrected chi connectivity index (χ2v) is 6.86. The molecule has 1 saturated heterocycles. The van der Waals surface area contributed by atoms with Crippen molar-refractivity contribution in [2.24, 2.45) is 0 Å². The lowest BCUT2D eigenvalue weighted by Gasteiger charge is -2.34. The summed E-state index contributed by atoms with van der Waals surface area (Å²) in [6.45, 7) is 3.17. The number of aromatic nitrogens is 2. The molecule has 0 radical (unpaired) electrons. The summed E-state index contributed by atoms with van der Waals surface area (Å²) in [5.74, 6) is 1.23. The number of likely N-dealkylation sites (tertiary alicyclic amines) is 1. The molecule has 1 aromatic carbocycles. The molecule has 2 aliphatic rings. The van der Waals surface area contributed by atoms with Gasteiger partial charge >= 0.3 is 0 Å². The van der Waals surface area contributed by atoms with Crippen LogP contribution >= 0.6 is 0 Å². The molecule has 1 aromatic heterocycles. The van der Waals surface area contributed by atoms with E-state index in [0.29, 0.717) is 18.3 Å². The van der Waals surface area contributed by atoms with Crippen LogP contribution in [0.25, 0.3) is 0 Å². The van der Waals surface area contributed by atoms with Crippen LogP contribution in [0.1, 0.15) is 48.9 Å². The third-order valence-corrected chi connectivity index (χ3v) is 5.16. The third kappa shape index (κ3) is 2.60. The number of amides is 1. The van der Waals surface area contributed by atoms with E-state index in [4.69, 9.17) is 4.52 Å². The van der Waals surface area contributed by atoms with Crippen molar-refractivity contribution in [1.29, 1.82) is 0 Å². The molecule has 1 aliphatic heterocycles. The first kappa shape index (κ1) is 15.3. The highest BCUT2D eigenvalue weighted by molar-refractivity contribution is 5.91. The van der Waals surface area contributed by atoms with E-state index in [1.165, 1.54) is 12.1 Å². The number of nitrogens with zero attached hydrogens (tertiary/aromatic N) is 3. The van der Waals surface area contributed by atoms with E-state index in [1.54, 1.807) is 19.1 Å². The molecule has 24 heavy (non-hydrogen) atoms. The molecule has 2 fully saturated rings. The zero-order valence-corrected chi connectivity index (χ0v) is 13.7. The van der Waals surface area contributed by atoms with E-state index in [0.717, 1.165) is 37.8 Å². The van der Waals surface area contributed by atoms with E-state index in [-0.39, 0.29) is 17.6 Å². The number of halogens is 1. The Morgan fingerprint density at radius 1 is 1.33 bits per heavy atom. The molecule has 1 amide bonds. The summed E-state index contributed by atoms with van der Waals surface area (Å²) in [4.78, 5) is 19.4.